The van der Waals surface area contributed by atoms with Crippen molar-refractivity contribution in [3.8, 4) is 11.4 Å². The van der Waals surface area contributed by atoms with Gasteiger partial charge in [-0.3, -0.25) is 9.78 Å². The van der Waals surface area contributed by atoms with Crippen LogP contribution in [0.25, 0.3) is 11.4 Å². The molecule has 0 fully saturated rings. The number of hydrogen-bond acceptors (Lipinski definition) is 6. The zero-order chi connectivity index (χ0) is 16.7. The van der Waals surface area contributed by atoms with Crippen LogP contribution in [0.4, 0.5) is 0 Å². The number of primary amides is 1. The summed E-state index contributed by atoms with van der Waals surface area (Å²) in [7, 11) is 0. The first-order chi connectivity index (χ1) is 11.1. The Morgan fingerprint density at radius 2 is 2.13 bits per heavy atom. The average molecular weight is 335 g/mol. The molecule has 2 rings (SSSR count). The lowest BCUT2D eigenvalue weighted by Crippen LogP contribution is -2.23. The zero-order valence-corrected chi connectivity index (χ0v) is 14.1. The lowest BCUT2D eigenvalue weighted by atomic mass is 10.2. The smallest absolute Gasteiger partial charge is 0.230 e. The monoisotopic (exact) mass is 335 g/mol. The molecule has 1 atom stereocenters. The van der Waals surface area contributed by atoms with E-state index in [1.807, 2.05) is 23.6 Å². The van der Waals surface area contributed by atoms with Crippen LogP contribution in [-0.4, -0.2) is 44.1 Å². The SMILES string of the molecule is CCOCCCn1c(S[C@H](C)C(N)=O)nnc1-c1ccncc1. The summed E-state index contributed by atoms with van der Waals surface area (Å²) in [6.07, 6.45) is 4.27. The standard InChI is InChI=1S/C15H21N5O2S/c1-3-22-10-4-9-20-14(12-5-7-17-8-6-12)18-19-15(20)23-11(2)13(16)21/h5-8,11H,3-4,9-10H2,1-2H3,(H2,16,21)/t11-/m1/s1. The van der Waals surface area contributed by atoms with E-state index < -0.39 is 0 Å². The van der Waals surface area contributed by atoms with Gasteiger partial charge in [-0.1, -0.05) is 11.8 Å². The Balaban J connectivity index is 2.24. The minimum atomic E-state index is -0.371. The van der Waals surface area contributed by atoms with E-state index in [1.54, 1.807) is 19.3 Å². The molecule has 124 valence electrons. The van der Waals surface area contributed by atoms with Crippen molar-refractivity contribution in [2.24, 2.45) is 5.73 Å². The second-order valence-electron chi connectivity index (χ2n) is 4.91. The fourth-order valence-corrected chi connectivity index (χ4v) is 2.80. The van der Waals surface area contributed by atoms with Crippen molar-refractivity contribution in [1.82, 2.24) is 19.7 Å². The molecule has 0 spiro atoms. The molecule has 0 bridgehead atoms. The highest BCUT2D eigenvalue weighted by molar-refractivity contribution is 8.00. The summed E-state index contributed by atoms with van der Waals surface area (Å²) in [5, 5.41) is 8.80. The number of amides is 1. The third-order valence-corrected chi connectivity index (χ3v) is 4.31. The first-order valence-corrected chi connectivity index (χ1v) is 8.38. The van der Waals surface area contributed by atoms with Crippen molar-refractivity contribution in [2.75, 3.05) is 13.2 Å². The van der Waals surface area contributed by atoms with Gasteiger partial charge in [0, 0.05) is 37.7 Å². The molecule has 8 heteroatoms. The summed E-state index contributed by atoms with van der Waals surface area (Å²) in [4.78, 5) is 15.3. The fraction of sp³-hybridized carbons (Fsp3) is 0.467. The van der Waals surface area contributed by atoms with Crippen LogP contribution in [0.1, 0.15) is 20.3 Å². The van der Waals surface area contributed by atoms with Gasteiger partial charge in [0.15, 0.2) is 11.0 Å². The van der Waals surface area contributed by atoms with Crippen molar-refractivity contribution in [3.63, 3.8) is 0 Å². The number of rotatable bonds is 9. The number of pyridine rings is 1. The molecule has 23 heavy (non-hydrogen) atoms. The molecule has 0 saturated carbocycles. The van der Waals surface area contributed by atoms with Gasteiger partial charge in [0.05, 0.1) is 5.25 Å². The lowest BCUT2D eigenvalue weighted by molar-refractivity contribution is -0.117. The van der Waals surface area contributed by atoms with Gasteiger partial charge in [-0.05, 0) is 32.4 Å². The number of carbonyl (C=O) groups is 1. The fourth-order valence-electron chi connectivity index (χ4n) is 1.98. The maximum atomic E-state index is 11.3. The van der Waals surface area contributed by atoms with Gasteiger partial charge >= 0.3 is 0 Å². The first-order valence-electron chi connectivity index (χ1n) is 7.50. The maximum absolute atomic E-state index is 11.3. The van der Waals surface area contributed by atoms with Crippen LogP contribution in [0.15, 0.2) is 29.7 Å². The summed E-state index contributed by atoms with van der Waals surface area (Å²) in [5.74, 6) is 0.382. The molecule has 0 aromatic carbocycles. The van der Waals surface area contributed by atoms with E-state index in [-0.39, 0.29) is 11.2 Å². The molecule has 7 nitrogen and oxygen atoms in total. The minimum absolute atomic E-state index is 0.366. The molecule has 0 radical (unpaired) electrons. The number of carbonyl (C=O) groups excluding carboxylic acids is 1. The summed E-state index contributed by atoms with van der Waals surface area (Å²) >= 11 is 1.32. The van der Waals surface area contributed by atoms with Crippen LogP contribution in [0, 0.1) is 0 Å². The summed E-state index contributed by atoms with van der Waals surface area (Å²) in [6.45, 7) is 5.80. The molecule has 2 aromatic heterocycles. The number of nitrogens with two attached hydrogens (primary N) is 1. The van der Waals surface area contributed by atoms with E-state index in [1.165, 1.54) is 11.8 Å². The Bertz CT molecular complexity index is 632. The van der Waals surface area contributed by atoms with Gasteiger partial charge in [0.2, 0.25) is 5.91 Å². The van der Waals surface area contributed by atoms with Crippen LogP contribution >= 0.6 is 11.8 Å². The van der Waals surface area contributed by atoms with Crippen LogP contribution in [0.5, 0.6) is 0 Å². The third-order valence-electron chi connectivity index (χ3n) is 3.21. The van der Waals surface area contributed by atoms with Gasteiger partial charge in [-0.15, -0.1) is 10.2 Å². The zero-order valence-electron chi connectivity index (χ0n) is 13.3. The highest BCUT2D eigenvalue weighted by Crippen LogP contribution is 2.26. The summed E-state index contributed by atoms with van der Waals surface area (Å²) in [5.41, 5.74) is 6.28. The quantitative estimate of drug-likeness (QED) is 0.554. The molecular weight excluding hydrogens is 314 g/mol. The van der Waals surface area contributed by atoms with Crippen molar-refractivity contribution in [3.05, 3.63) is 24.5 Å². The first kappa shape index (κ1) is 17.4. The number of hydrogen-bond donors (Lipinski definition) is 1. The molecule has 2 N–H and O–H groups in total. The van der Waals surface area contributed by atoms with E-state index in [0.717, 1.165) is 17.8 Å². The van der Waals surface area contributed by atoms with Gasteiger partial charge < -0.3 is 15.0 Å². The molecule has 0 aliphatic heterocycles. The molecule has 0 unspecified atom stereocenters. The van der Waals surface area contributed by atoms with Gasteiger partial charge in [0.25, 0.3) is 0 Å². The topological polar surface area (TPSA) is 95.9 Å². The number of ether oxygens (including phenoxy) is 1. The lowest BCUT2D eigenvalue weighted by Gasteiger charge is -2.12. The Morgan fingerprint density at radius 1 is 1.39 bits per heavy atom. The van der Waals surface area contributed by atoms with Crippen molar-refractivity contribution in [1.29, 1.82) is 0 Å². The normalized spacial score (nSPS) is 12.3. The number of nitrogens with zero attached hydrogens (tertiary/aromatic N) is 4. The Kier molecular flexibility index (Phi) is 6.54. The summed E-state index contributed by atoms with van der Waals surface area (Å²) < 4.78 is 7.39. The largest absolute Gasteiger partial charge is 0.382 e. The van der Waals surface area contributed by atoms with E-state index >= 15 is 0 Å². The van der Waals surface area contributed by atoms with Crippen molar-refractivity contribution >= 4 is 17.7 Å². The van der Waals surface area contributed by atoms with Gasteiger partial charge in [-0.25, -0.2) is 0 Å². The molecule has 2 aromatic rings. The van der Waals surface area contributed by atoms with Crippen LogP contribution in [0.3, 0.4) is 0 Å². The molecule has 0 saturated heterocycles. The Labute approximate surface area is 139 Å². The second kappa shape index (κ2) is 8.64. The predicted molar refractivity (Wildman–Crippen MR) is 88.9 cm³/mol. The Hall–Kier alpha value is -1.93. The van der Waals surface area contributed by atoms with Crippen LogP contribution < -0.4 is 5.73 Å². The molecule has 1 amide bonds. The van der Waals surface area contributed by atoms with Crippen LogP contribution in [-0.2, 0) is 16.1 Å². The predicted octanol–water partition coefficient (Wildman–Crippen LogP) is 1.73. The summed E-state index contributed by atoms with van der Waals surface area (Å²) in [6, 6.07) is 3.77. The van der Waals surface area contributed by atoms with Gasteiger partial charge in [0.1, 0.15) is 0 Å². The maximum Gasteiger partial charge on any atom is 0.230 e. The van der Waals surface area contributed by atoms with Gasteiger partial charge in [-0.2, -0.15) is 0 Å². The Morgan fingerprint density at radius 3 is 2.78 bits per heavy atom. The molecule has 0 aliphatic rings. The highest BCUT2D eigenvalue weighted by atomic mass is 32.2. The van der Waals surface area contributed by atoms with E-state index in [9.17, 15) is 4.79 Å². The molecule has 2 heterocycles. The van der Waals surface area contributed by atoms with Crippen molar-refractivity contribution < 1.29 is 9.53 Å². The highest BCUT2D eigenvalue weighted by Gasteiger charge is 2.19. The van der Waals surface area contributed by atoms with Crippen molar-refractivity contribution in [2.45, 2.75) is 37.2 Å². The number of thioether (sulfide) groups is 1. The number of aromatic nitrogens is 4. The van der Waals surface area contributed by atoms with Crippen LogP contribution in [0.2, 0.25) is 0 Å². The molecule has 0 aliphatic carbocycles. The van der Waals surface area contributed by atoms with E-state index in [4.69, 9.17) is 10.5 Å². The second-order valence-corrected chi connectivity index (χ2v) is 6.21. The van der Waals surface area contributed by atoms with E-state index in [2.05, 4.69) is 15.2 Å². The van der Waals surface area contributed by atoms with E-state index in [0.29, 0.717) is 24.9 Å². The third kappa shape index (κ3) is 4.77. The average Bonchev–Trinajstić information content (AvgIpc) is 2.95. The minimum Gasteiger partial charge on any atom is -0.382 e. The molecular formula is C15H21N5O2S.